The fourth-order valence-electron chi connectivity index (χ4n) is 1.28. The molecule has 0 saturated carbocycles. The zero-order valence-electron chi connectivity index (χ0n) is 9.24. The van der Waals surface area contributed by atoms with Crippen molar-refractivity contribution in [1.82, 2.24) is 5.43 Å². The summed E-state index contributed by atoms with van der Waals surface area (Å²) < 4.78 is 18.5. The molecule has 17 heavy (non-hydrogen) atoms. The van der Waals surface area contributed by atoms with Gasteiger partial charge in [0.05, 0.1) is 0 Å². The van der Waals surface area contributed by atoms with Gasteiger partial charge >= 0.3 is 0 Å². The second-order valence-electron chi connectivity index (χ2n) is 3.25. The van der Waals surface area contributed by atoms with Crippen LogP contribution in [0.5, 0.6) is 5.75 Å². The SMILES string of the molecule is CCC(Oc1cccc(F)c1C#N)C(=O)NN. The Bertz CT molecular complexity index is 457. The Morgan fingerprint density at radius 2 is 2.41 bits per heavy atom. The Kier molecular flexibility index (Phi) is 4.43. The van der Waals surface area contributed by atoms with Crippen LogP contribution in [0.2, 0.25) is 0 Å². The monoisotopic (exact) mass is 237 g/mol. The predicted molar refractivity (Wildman–Crippen MR) is 58.2 cm³/mol. The highest BCUT2D eigenvalue weighted by Gasteiger charge is 2.19. The minimum atomic E-state index is -0.853. The normalized spacial score (nSPS) is 11.4. The maximum atomic E-state index is 13.3. The van der Waals surface area contributed by atoms with E-state index in [1.165, 1.54) is 12.1 Å². The summed E-state index contributed by atoms with van der Waals surface area (Å²) in [6.07, 6.45) is -0.501. The van der Waals surface area contributed by atoms with E-state index < -0.39 is 17.8 Å². The quantitative estimate of drug-likeness (QED) is 0.461. The van der Waals surface area contributed by atoms with E-state index in [4.69, 9.17) is 15.8 Å². The van der Waals surface area contributed by atoms with Gasteiger partial charge < -0.3 is 4.74 Å². The van der Waals surface area contributed by atoms with E-state index >= 15 is 0 Å². The predicted octanol–water partition coefficient (Wildman–Crippen LogP) is 0.845. The summed E-state index contributed by atoms with van der Waals surface area (Å²) in [5.41, 5.74) is 1.72. The van der Waals surface area contributed by atoms with Crippen LogP contribution in [-0.4, -0.2) is 12.0 Å². The third kappa shape index (κ3) is 2.92. The van der Waals surface area contributed by atoms with Gasteiger partial charge in [-0.05, 0) is 18.6 Å². The van der Waals surface area contributed by atoms with Gasteiger partial charge in [0.1, 0.15) is 23.2 Å². The number of nitrogens with one attached hydrogen (secondary N) is 1. The summed E-state index contributed by atoms with van der Waals surface area (Å²) in [5.74, 6) is 3.80. The summed E-state index contributed by atoms with van der Waals surface area (Å²) in [4.78, 5) is 11.3. The fourth-order valence-corrected chi connectivity index (χ4v) is 1.28. The highest BCUT2D eigenvalue weighted by atomic mass is 19.1. The molecule has 3 N–H and O–H groups in total. The lowest BCUT2D eigenvalue weighted by atomic mass is 10.2. The molecule has 0 aliphatic heterocycles. The van der Waals surface area contributed by atoms with Crippen molar-refractivity contribution in [3.8, 4) is 11.8 Å². The number of halogens is 1. The molecule has 6 heteroatoms. The number of benzene rings is 1. The summed E-state index contributed by atoms with van der Waals surface area (Å²) in [5, 5.41) is 8.79. The zero-order chi connectivity index (χ0) is 12.8. The summed E-state index contributed by atoms with van der Waals surface area (Å²) in [6, 6.07) is 5.66. The maximum Gasteiger partial charge on any atom is 0.274 e. The van der Waals surface area contributed by atoms with Gasteiger partial charge in [0.25, 0.3) is 5.91 Å². The largest absolute Gasteiger partial charge is 0.479 e. The van der Waals surface area contributed by atoms with Crippen molar-refractivity contribution in [3.63, 3.8) is 0 Å². The second-order valence-corrected chi connectivity index (χ2v) is 3.25. The molecule has 0 fully saturated rings. The Morgan fingerprint density at radius 1 is 1.71 bits per heavy atom. The summed E-state index contributed by atoms with van der Waals surface area (Å²) in [6.45, 7) is 1.71. The van der Waals surface area contributed by atoms with Crippen molar-refractivity contribution >= 4 is 5.91 Å². The molecule has 5 nitrogen and oxygen atoms in total. The highest BCUT2D eigenvalue weighted by molar-refractivity contribution is 5.80. The molecule has 90 valence electrons. The molecule has 1 rings (SSSR count). The first-order valence-corrected chi connectivity index (χ1v) is 4.99. The number of rotatable bonds is 4. The van der Waals surface area contributed by atoms with E-state index in [1.807, 2.05) is 5.43 Å². The Balaban J connectivity index is 2.98. The number of hydrogen-bond donors (Lipinski definition) is 2. The van der Waals surface area contributed by atoms with Crippen molar-refractivity contribution in [3.05, 3.63) is 29.6 Å². The standard InChI is InChI=1S/C11H12FN3O2/c1-2-9(11(16)15-14)17-10-5-3-4-8(12)7(10)6-13/h3-5,9H,2,14H2,1H3,(H,15,16). The number of nitrogens with two attached hydrogens (primary N) is 1. The van der Waals surface area contributed by atoms with Gasteiger partial charge in [-0.15, -0.1) is 0 Å². The molecule has 0 aromatic heterocycles. The van der Waals surface area contributed by atoms with Crippen LogP contribution in [0.3, 0.4) is 0 Å². The molecule has 0 heterocycles. The molecule has 1 aromatic rings. The number of ether oxygens (including phenoxy) is 1. The molecule has 0 aliphatic carbocycles. The smallest absolute Gasteiger partial charge is 0.274 e. The zero-order valence-corrected chi connectivity index (χ0v) is 9.24. The number of hydrazine groups is 1. The van der Waals surface area contributed by atoms with Gasteiger partial charge in [-0.2, -0.15) is 5.26 Å². The van der Waals surface area contributed by atoms with Crippen LogP contribution in [0.4, 0.5) is 4.39 Å². The van der Waals surface area contributed by atoms with E-state index in [9.17, 15) is 9.18 Å². The molecular weight excluding hydrogens is 225 g/mol. The van der Waals surface area contributed by atoms with Gasteiger partial charge in [-0.25, -0.2) is 10.2 Å². The average Bonchev–Trinajstić information content (AvgIpc) is 2.35. The molecule has 0 radical (unpaired) electrons. The van der Waals surface area contributed by atoms with Gasteiger partial charge in [0.15, 0.2) is 6.10 Å². The van der Waals surface area contributed by atoms with Gasteiger partial charge in [-0.3, -0.25) is 10.2 Å². The fraction of sp³-hybridized carbons (Fsp3) is 0.273. The van der Waals surface area contributed by atoms with Gasteiger partial charge in [0.2, 0.25) is 0 Å². The van der Waals surface area contributed by atoms with Crippen molar-refractivity contribution < 1.29 is 13.9 Å². The van der Waals surface area contributed by atoms with E-state index in [0.29, 0.717) is 6.42 Å². The van der Waals surface area contributed by atoms with Crippen molar-refractivity contribution in [2.45, 2.75) is 19.4 Å². The van der Waals surface area contributed by atoms with Crippen LogP contribution < -0.4 is 16.0 Å². The molecule has 0 aliphatic rings. The minimum Gasteiger partial charge on any atom is -0.479 e. The Labute approximate surface area is 97.9 Å². The first-order valence-electron chi connectivity index (χ1n) is 4.99. The molecule has 1 aromatic carbocycles. The number of carbonyl (C=O) groups excluding carboxylic acids is 1. The van der Waals surface area contributed by atoms with Crippen LogP contribution >= 0.6 is 0 Å². The van der Waals surface area contributed by atoms with Crippen LogP contribution in [0.1, 0.15) is 18.9 Å². The van der Waals surface area contributed by atoms with Crippen LogP contribution in [0.25, 0.3) is 0 Å². The van der Waals surface area contributed by atoms with Crippen LogP contribution in [0, 0.1) is 17.1 Å². The minimum absolute atomic E-state index is 0.0305. The number of nitrogens with zero attached hydrogens (tertiary/aromatic N) is 1. The second kappa shape index (κ2) is 5.82. The maximum absolute atomic E-state index is 13.3. The molecular formula is C11H12FN3O2. The molecule has 1 atom stereocenters. The van der Waals surface area contributed by atoms with Crippen molar-refractivity contribution in [2.24, 2.45) is 5.84 Å². The Morgan fingerprint density at radius 3 is 2.94 bits per heavy atom. The number of hydrogen-bond acceptors (Lipinski definition) is 4. The Hall–Kier alpha value is -2.13. The molecule has 1 amide bonds. The average molecular weight is 237 g/mol. The lowest BCUT2D eigenvalue weighted by Gasteiger charge is -2.16. The van der Waals surface area contributed by atoms with Crippen LogP contribution in [-0.2, 0) is 4.79 Å². The van der Waals surface area contributed by atoms with Gasteiger partial charge in [0, 0.05) is 0 Å². The van der Waals surface area contributed by atoms with E-state index in [1.54, 1.807) is 13.0 Å². The van der Waals surface area contributed by atoms with E-state index in [2.05, 4.69) is 0 Å². The van der Waals surface area contributed by atoms with Gasteiger partial charge in [-0.1, -0.05) is 13.0 Å². The number of carbonyl (C=O) groups is 1. The first kappa shape index (κ1) is 12.9. The summed E-state index contributed by atoms with van der Waals surface area (Å²) >= 11 is 0. The lowest BCUT2D eigenvalue weighted by Crippen LogP contribution is -2.41. The molecule has 0 bridgehead atoms. The summed E-state index contributed by atoms with van der Waals surface area (Å²) in [7, 11) is 0. The van der Waals surface area contributed by atoms with E-state index in [0.717, 1.165) is 6.07 Å². The molecule has 0 spiro atoms. The van der Waals surface area contributed by atoms with Crippen molar-refractivity contribution in [2.75, 3.05) is 0 Å². The highest BCUT2D eigenvalue weighted by Crippen LogP contribution is 2.22. The third-order valence-corrected chi connectivity index (χ3v) is 2.16. The first-order chi connectivity index (χ1) is 8.13. The van der Waals surface area contributed by atoms with Crippen LogP contribution in [0.15, 0.2) is 18.2 Å². The van der Waals surface area contributed by atoms with Crippen molar-refractivity contribution in [1.29, 1.82) is 5.26 Å². The lowest BCUT2D eigenvalue weighted by molar-refractivity contribution is -0.128. The molecule has 1 unspecified atom stereocenters. The number of nitriles is 1. The molecule has 0 saturated heterocycles. The third-order valence-electron chi connectivity index (χ3n) is 2.16. The number of amides is 1. The topological polar surface area (TPSA) is 88.1 Å². The van der Waals surface area contributed by atoms with E-state index in [-0.39, 0.29) is 11.3 Å².